The monoisotopic (exact) mass is 277 g/mol. The van der Waals surface area contributed by atoms with E-state index in [1.54, 1.807) is 38.5 Å². The van der Waals surface area contributed by atoms with E-state index in [2.05, 4.69) is 5.32 Å². The minimum atomic E-state index is -1.09. The number of nitrogens with one attached hydrogen (secondary N) is 1. The summed E-state index contributed by atoms with van der Waals surface area (Å²) in [6.45, 7) is 0.320. The van der Waals surface area contributed by atoms with Gasteiger partial charge in [-0.2, -0.15) is 0 Å². The van der Waals surface area contributed by atoms with Gasteiger partial charge in [0.2, 0.25) is 5.76 Å². The smallest absolute Gasteiger partial charge is 0.372 e. The Bertz CT molecular complexity index is 605. The Morgan fingerprint density at radius 1 is 1.30 bits per heavy atom. The van der Waals surface area contributed by atoms with Crippen LogP contribution in [0.15, 0.2) is 34.9 Å². The third-order valence-corrected chi connectivity index (χ3v) is 2.82. The van der Waals surface area contributed by atoms with E-state index in [0.717, 1.165) is 5.69 Å². The van der Waals surface area contributed by atoms with Crippen molar-refractivity contribution >= 4 is 11.7 Å². The summed E-state index contributed by atoms with van der Waals surface area (Å²) in [5.41, 5.74) is 1.31. The van der Waals surface area contributed by atoms with Crippen molar-refractivity contribution in [1.82, 2.24) is 0 Å². The van der Waals surface area contributed by atoms with Gasteiger partial charge in [0.1, 0.15) is 11.5 Å². The molecule has 0 radical (unpaired) electrons. The average molecular weight is 277 g/mol. The van der Waals surface area contributed by atoms with Crippen molar-refractivity contribution in [3.8, 4) is 11.5 Å². The van der Waals surface area contributed by atoms with Crippen molar-refractivity contribution in [2.24, 2.45) is 0 Å². The minimum absolute atomic E-state index is 0.0648. The van der Waals surface area contributed by atoms with Gasteiger partial charge in [-0.1, -0.05) is 0 Å². The van der Waals surface area contributed by atoms with Crippen LogP contribution in [0.4, 0.5) is 5.69 Å². The van der Waals surface area contributed by atoms with E-state index in [1.807, 2.05) is 0 Å². The highest BCUT2D eigenvalue weighted by Gasteiger charge is 2.14. The molecule has 2 rings (SSSR count). The van der Waals surface area contributed by atoms with E-state index in [-0.39, 0.29) is 5.76 Å². The molecule has 0 aliphatic carbocycles. The Morgan fingerprint density at radius 3 is 2.75 bits per heavy atom. The number of rotatable bonds is 6. The lowest BCUT2D eigenvalue weighted by atomic mass is 10.2. The van der Waals surface area contributed by atoms with E-state index in [4.69, 9.17) is 19.0 Å². The Kier molecular flexibility index (Phi) is 4.14. The Morgan fingerprint density at radius 2 is 2.10 bits per heavy atom. The van der Waals surface area contributed by atoms with Crippen LogP contribution >= 0.6 is 0 Å². The second-order valence-electron chi connectivity index (χ2n) is 4.00. The fourth-order valence-electron chi connectivity index (χ4n) is 1.80. The van der Waals surface area contributed by atoms with Gasteiger partial charge in [0.25, 0.3) is 0 Å². The summed E-state index contributed by atoms with van der Waals surface area (Å²) in [5.74, 6) is 0.144. The van der Waals surface area contributed by atoms with Gasteiger partial charge in [-0.25, -0.2) is 4.79 Å². The average Bonchev–Trinajstić information content (AvgIpc) is 2.93. The van der Waals surface area contributed by atoms with Crippen molar-refractivity contribution in [3.63, 3.8) is 0 Å². The number of furan rings is 1. The molecule has 2 N–H and O–H groups in total. The highest BCUT2D eigenvalue weighted by molar-refractivity contribution is 5.86. The molecule has 1 aromatic heterocycles. The first-order valence-electron chi connectivity index (χ1n) is 5.91. The summed E-state index contributed by atoms with van der Waals surface area (Å²) in [4.78, 5) is 10.9. The number of hydrogen-bond donors (Lipinski definition) is 2. The van der Waals surface area contributed by atoms with Crippen molar-refractivity contribution in [2.45, 2.75) is 6.54 Å². The fraction of sp³-hybridized carbons (Fsp3) is 0.214. The number of hydrogen-bond acceptors (Lipinski definition) is 5. The minimum Gasteiger partial charge on any atom is -0.497 e. The van der Waals surface area contributed by atoms with Crippen LogP contribution in [-0.2, 0) is 6.54 Å². The topological polar surface area (TPSA) is 80.9 Å². The van der Waals surface area contributed by atoms with Gasteiger partial charge in [0, 0.05) is 18.2 Å². The lowest BCUT2D eigenvalue weighted by Crippen LogP contribution is -2.05. The molecule has 0 saturated heterocycles. The number of ether oxygens (including phenoxy) is 2. The van der Waals surface area contributed by atoms with Gasteiger partial charge in [-0.15, -0.1) is 0 Å². The zero-order valence-corrected chi connectivity index (χ0v) is 11.2. The maximum absolute atomic E-state index is 10.9. The Labute approximate surface area is 115 Å². The van der Waals surface area contributed by atoms with Crippen LogP contribution in [0, 0.1) is 0 Å². The van der Waals surface area contributed by atoms with Gasteiger partial charge in [0.15, 0.2) is 0 Å². The number of carbonyl (C=O) groups is 1. The molecule has 1 aromatic carbocycles. The van der Waals surface area contributed by atoms with Crippen molar-refractivity contribution in [2.75, 3.05) is 19.5 Å². The molecule has 1 heterocycles. The normalized spacial score (nSPS) is 10.1. The molecule has 0 aliphatic rings. The largest absolute Gasteiger partial charge is 0.497 e. The predicted molar refractivity (Wildman–Crippen MR) is 72.5 cm³/mol. The summed E-state index contributed by atoms with van der Waals surface area (Å²) in [5, 5.41) is 12.1. The SMILES string of the molecule is COc1ccc(NCc2ccoc2C(=O)O)c(OC)c1. The van der Waals surface area contributed by atoms with Gasteiger partial charge in [0.05, 0.1) is 26.2 Å². The molecule has 0 amide bonds. The van der Waals surface area contributed by atoms with Crippen molar-refractivity contribution in [3.05, 3.63) is 41.9 Å². The maximum Gasteiger partial charge on any atom is 0.372 e. The molecule has 0 unspecified atom stereocenters. The van der Waals surface area contributed by atoms with Crippen LogP contribution < -0.4 is 14.8 Å². The third kappa shape index (κ3) is 2.85. The molecule has 0 atom stereocenters. The molecular formula is C14H15NO5. The Hall–Kier alpha value is -2.63. The molecule has 0 aliphatic heterocycles. The summed E-state index contributed by atoms with van der Waals surface area (Å²) in [6, 6.07) is 6.96. The molecule has 2 aromatic rings. The lowest BCUT2D eigenvalue weighted by Gasteiger charge is -2.12. The molecule has 6 heteroatoms. The molecular weight excluding hydrogens is 262 g/mol. The van der Waals surface area contributed by atoms with Crippen LogP contribution in [0.1, 0.15) is 16.1 Å². The zero-order chi connectivity index (χ0) is 14.5. The number of carboxylic acids is 1. The van der Waals surface area contributed by atoms with E-state index in [0.29, 0.717) is 23.6 Å². The van der Waals surface area contributed by atoms with Crippen LogP contribution in [0.25, 0.3) is 0 Å². The molecule has 0 spiro atoms. The number of aromatic carboxylic acids is 1. The molecule has 20 heavy (non-hydrogen) atoms. The quantitative estimate of drug-likeness (QED) is 0.844. The number of anilines is 1. The van der Waals surface area contributed by atoms with Crippen LogP contribution in [0.5, 0.6) is 11.5 Å². The number of benzene rings is 1. The third-order valence-electron chi connectivity index (χ3n) is 2.82. The first-order valence-corrected chi connectivity index (χ1v) is 5.91. The standard InChI is InChI=1S/C14H15NO5/c1-18-10-3-4-11(12(7-10)19-2)15-8-9-5-6-20-13(9)14(16)17/h3-7,15H,8H2,1-2H3,(H,16,17). The van der Waals surface area contributed by atoms with E-state index in [9.17, 15) is 4.79 Å². The first kappa shape index (κ1) is 13.8. The molecule has 0 fully saturated rings. The molecule has 106 valence electrons. The van der Waals surface area contributed by atoms with Gasteiger partial charge < -0.3 is 24.3 Å². The highest BCUT2D eigenvalue weighted by atomic mass is 16.5. The van der Waals surface area contributed by atoms with Gasteiger partial charge in [-0.3, -0.25) is 0 Å². The maximum atomic E-state index is 10.9. The van der Waals surface area contributed by atoms with E-state index >= 15 is 0 Å². The van der Waals surface area contributed by atoms with E-state index < -0.39 is 5.97 Å². The first-order chi connectivity index (χ1) is 9.65. The van der Waals surface area contributed by atoms with Crippen LogP contribution in [0.3, 0.4) is 0 Å². The van der Waals surface area contributed by atoms with Gasteiger partial charge >= 0.3 is 5.97 Å². The van der Waals surface area contributed by atoms with Crippen LogP contribution in [-0.4, -0.2) is 25.3 Å². The molecule has 0 bridgehead atoms. The van der Waals surface area contributed by atoms with Gasteiger partial charge in [-0.05, 0) is 18.2 Å². The second kappa shape index (κ2) is 6.01. The van der Waals surface area contributed by atoms with Crippen LogP contribution in [0.2, 0.25) is 0 Å². The summed E-state index contributed by atoms with van der Waals surface area (Å²) in [7, 11) is 3.13. The second-order valence-corrected chi connectivity index (χ2v) is 4.00. The Balaban J connectivity index is 2.14. The summed E-state index contributed by atoms with van der Waals surface area (Å²) >= 11 is 0. The summed E-state index contributed by atoms with van der Waals surface area (Å²) in [6.07, 6.45) is 1.35. The van der Waals surface area contributed by atoms with Crippen molar-refractivity contribution < 1.29 is 23.8 Å². The summed E-state index contributed by atoms with van der Waals surface area (Å²) < 4.78 is 15.3. The highest BCUT2D eigenvalue weighted by Crippen LogP contribution is 2.29. The fourth-order valence-corrected chi connectivity index (χ4v) is 1.80. The van der Waals surface area contributed by atoms with E-state index in [1.165, 1.54) is 6.26 Å². The number of carboxylic acid groups (broad SMARTS) is 1. The lowest BCUT2D eigenvalue weighted by molar-refractivity contribution is 0.0661. The molecule has 0 saturated carbocycles. The number of methoxy groups -OCH3 is 2. The molecule has 6 nitrogen and oxygen atoms in total. The zero-order valence-electron chi connectivity index (χ0n) is 11.2. The predicted octanol–water partition coefficient (Wildman–Crippen LogP) is 2.61. The van der Waals surface area contributed by atoms with Crippen molar-refractivity contribution in [1.29, 1.82) is 0 Å².